The van der Waals surface area contributed by atoms with Crippen molar-refractivity contribution in [1.29, 1.82) is 0 Å². The molecule has 2 aromatic rings. The molecule has 130 valence electrons. The van der Waals surface area contributed by atoms with Crippen molar-refractivity contribution in [2.24, 2.45) is 0 Å². The molecule has 0 aromatic heterocycles. The molecule has 7 heteroatoms. The zero-order chi connectivity index (χ0) is 18.0. The standard InChI is InChI=1S/C18H16FNO4S/c1-24-17-4-2-3-13(11-17)18(21)20(15-7-5-14(19)6-8-15)16-9-10-25(22,23)12-16/h2-11,16H,12H2,1H3/t16-/m1/s1. The van der Waals surface area contributed by atoms with Gasteiger partial charge in [-0.25, -0.2) is 12.8 Å². The Balaban J connectivity index is 2.02. The van der Waals surface area contributed by atoms with Crippen molar-refractivity contribution in [2.75, 3.05) is 17.8 Å². The summed E-state index contributed by atoms with van der Waals surface area (Å²) in [6.07, 6.45) is 1.47. The largest absolute Gasteiger partial charge is 0.497 e. The maximum atomic E-state index is 13.2. The topological polar surface area (TPSA) is 63.7 Å². The summed E-state index contributed by atoms with van der Waals surface area (Å²) >= 11 is 0. The Morgan fingerprint density at radius 1 is 1.20 bits per heavy atom. The van der Waals surface area contributed by atoms with Crippen LogP contribution in [0, 0.1) is 5.82 Å². The molecule has 0 unspecified atom stereocenters. The molecule has 0 aliphatic carbocycles. The highest BCUT2D eigenvalue weighted by Gasteiger charge is 2.32. The van der Waals surface area contributed by atoms with Crippen LogP contribution in [0.15, 0.2) is 60.0 Å². The first-order chi connectivity index (χ1) is 11.9. The predicted octanol–water partition coefficient (Wildman–Crippen LogP) is 2.79. The number of anilines is 1. The molecule has 1 atom stereocenters. The Hall–Kier alpha value is -2.67. The predicted molar refractivity (Wildman–Crippen MR) is 92.9 cm³/mol. The maximum absolute atomic E-state index is 13.2. The van der Waals surface area contributed by atoms with Gasteiger partial charge in [0.2, 0.25) is 0 Å². The number of ether oxygens (including phenoxy) is 1. The summed E-state index contributed by atoms with van der Waals surface area (Å²) < 4.78 is 41.9. The molecule has 1 aliphatic heterocycles. The van der Waals surface area contributed by atoms with E-state index in [1.165, 1.54) is 42.4 Å². The second-order valence-corrected chi connectivity index (χ2v) is 7.54. The first-order valence-corrected chi connectivity index (χ1v) is 9.25. The van der Waals surface area contributed by atoms with Gasteiger partial charge in [0.15, 0.2) is 9.84 Å². The second kappa shape index (κ2) is 6.68. The van der Waals surface area contributed by atoms with Gasteiger partial charge < -0.3 is 9.64 Å². The molecule has 0 saturated carbocycles. The van der Waals surface area contributed by atoms with Crippen molar-refractivity contribution in [3.63, 3.8) is 0 Å². The van der Waals surface area contributed by atoms with Crippen LogP contribution in [0.4, 0.5) is 10.1 Å². The van der Waals surface area contributed by atoms with E-state index in [-0.39, 0.29) is 5.75 Å². The molecule has 1 heterocycles. The third kappa shape index (κ3) is 3.71. The lowest BCUT2D eigenvalue weighted by atomic mass is 10.1. The Kier molecular flexibility index (Phi) is 4.59. The summed E-state index contributed by atoms with van der Waals surface area (Å²) in [4.78, 5) is 14.4. The lowest BCUT2D eigenvalue weighted by molar-refractivity contribution is 0.0982. The number of carbonyl (C=O) groups excluding carboxylic acids is 1. The Labute approximate surface area is 145 Å². The van der Waals surface area contributed by atoms with E-state index < -0.39 is 27.6 Å². The van der Waals surface area contributed by atoms with Gasteiger partial charge in [-0.05, 0) is 48.5 Å². The zero-order valence-corrected chi connectivity index (χ0v) is 14.2. The summed E-state index contributed by atoms with van der Waals surface area (Å²) in [6, 6.07) is 11.3. The third-order valence-electron chi connectivity index (χ3n) is 3.88. The fraction of sp³-hybridized carbons (Fsp3) is 0.167. The van der Waals surface area contributed by atoms with E-state index in [1.807, 2.05) is 0 Å². The molecule has 0 spiro atoms. The smallest absolute Gasteiger partial charge is 0.258 e. The molecule has 0 bridgehead atoms. The average Bonchev–Trinajstić information content (AvgIpc) is 2.96. The van der Waals surface area contributed by atoms with Gasteiger partial charge in [0.1, 0.15) is 11.6 Å². The van der Waals surface area contributed by atoms with Crippen molar-refractivity contribution in [1.82, 2.24) is 0 Å². The van der Waals surface area contributed by atoms with Crippen LogP contribution in [0.3, 0.4) is 0 Å². The second-order valence-electron chi connectivity index (χ2n) is 5.61. The number of hydrogen-bond acceptors (Lipinski definition) is 4. The number of halogens is 1. The minimum absolute atomic E-state index is 0.208. The van der Waals surface area contributed by atoms with Crippen molar-refractivity contribution in [3.8, 4) is 5.75 Å². The van der Waals surface area contributed by atoms with Gasteiger partial charge >= 0.3 is 0 Å². The first-order valence-electron chi connectivity index (χ1n) is 7.54. The van der Waals surface area contributed by atoms with Gasteiger partial charge in [0.25, 0.3) is 5.91 Å². The molecule has 25 heavy (non-hydrogen) atoms. The number of sulfone groups is 1. The van der Waals surface area contributed by atoms with Gasteiger partial charge in [-0.15, -0.1) is 0 Å². The van der Waals surface area contributed by atoms with Crippen LogP contribution in [0.1, 0.15) is 10.4 Å². The summed E-state index contributed by atoms with van der Waals surface area (Å²) in [7, 11) is -1.86. The van der Waals surface area contributed by atoms with Crippen LogP contribution >= 0.6 is 0 Å². The van der Waals surface area contributed by atoms with Gasteiger partial charge in [-0.1, -0.05) is 6.07 Å². The van der Waals surface area contributed by atoms with Crippen molar-refractivity contribution in [2.45, 2.75) is 6.04 Å². The van der Waals surface area contributed by atoms with E-state index in [0.717, 1.165) is 5.41 Å². The van der Waals surface area contributed by atoms with E-state index in [4.69, 9.17) is 4.74 Å². The fourth-order valence-electron chi connectivity index (χ4n) is 2.68. The summed E-state index contributed by atoms with van der Waals surface area (Å²) in [5.74, 6) is -0.524. The Bertz CT molecular complexity index is 922. The number of carbonyl (C=O) groups is 1. The summed E-state index contributed by atoms with van der Waals surface area (Å²) in [6.45, 7) is 0. The Morgan fingerprint density at radius 2 is 1.92 bits per heavy atom. The molecular formula is C18H16FNO4S. The highest BCUT2D eigenvalue weighted by Crippen LogP contribution is 2.26. The van der Waals surface area contributed by atoms with Crippen LogP contribution < -0.4 is 9.64 Å². The van der Waals surface area contributed by atoms with E-state index in [9.17, 15) is 17.6 Å². The van der Waals surface area contributed by atoms with Gasteiger partial charge in [-0.3, -0.25) is 4.79 Å². The molecule has 1 aliphatic rings. The zero-order valence-electron chi connectivity index (χ0n) is 13.4. The van der Waals surface area contributed by atoms with Crippen molar-refractivity contribution < 1.29 is 22.3 Å². The molecule has 0 fully saturated rings. The van der Waals surface area contributed by atoms with Crippen LogP contribution in [-0.4, -0.2) is 33.2 Å². The van der Waals surface area contributed by atoms with Crippen molar-refractivity contribution in [3.05, 3.63) is 71.4 Å². The molecular weight excluding hydrogens is 345 g/mol. The highest BCUT2D eigenvalue weighted by atomic mass is 32.2. The minimum Gasteiger partial charge on any atom is -0.497 e. The van der Waals surface area contributed by atoms with E-state index in [1.54, 1.807) is 24.3 Å². The molecule has 0 N–H and O–H groups in total. The van der Waals surface area contributed by atoms with Crippen LogP contribution in [0.25, 0.3) is 0 Å². The fourth-order valence-corrected chi connectivity index (χ4v) is 3.94. The van der Waals surface area contributed by atoms with Crippen LogP contribution in [0.5, 0.6) is 5.75 Å². The molecule has 3 rings (SSSR count). The summed E-state index contributed by atoms with van der Waals surface area (Å²) in [5, 5.41) is 1.10. The number of rotatable bonds is 4. The maximum Gasteiger partial charge on any atom is 0.258 e. The normalized spacial score (nSPS) is 18.1. The van der Waals surface area contributed by atoms with E-state index in [0.29, 0.717) is 17.0 Å². The van der Waals surface area contributed by atoms with Crippen LogP contribution in [-0.2, 0) is 9.84 Å². The molecule has 2 aromatic carbocycles. The minimum atomic E-state index is -3.36. The number of amides is 1. The quantitative estimate of drug-likeness (QED) is 0.840. The van der Waals surface area contributed by atoms with Crippen molar-refractivity contribution >= 4 is 21.4 Å². The van der Waals surface area contributed by atoms with Crippen LogP contribution in [0.2, 0.25) is 0 Å². The number of nitrogens with zero attached hydrogens (tertiary/aromatic N) is 1. The monoisotopic (exact) mass is 361 g/mol. The summed E-state index contributed by atoms with van der Waals surface area (Å²) in [5.41, 5.74) is 0.766. The molecule has 0 radical (unpaired) electrons. The van der Waals surface area contributed by atoms with Gasteiger partial charge in [0.05, 0.1) is 18.9 Å². The number of hydrogen-bond donors (Lipinski definition) is 0. The van der Waals surface area contributed by atoms with E-state index >= 15 is 0 Å². The lowest BCUT2D eigenvalue weighted by Crippen LogP contribution is -2.41. The lowest BCUT2D eigenvalue weighted by Gasteiger charge is -2.28. The number of benzene rings is 2. The average molecular weight is 361 g/mol. The van der Waals surface area contributed by atoms with Gasteiger partial charge in [-0.2, -0.15) is 0 Å². The van der Waals surface area contributed by atoms with Gasteiger partial charge in [0, 0.05) is 16.7 Å². The SMILES string of the molecule is COc1cccc(C(=O)N(c2ccc(F)cc2)[C@@H]2C=CS(=O)(=O)C2)c1. The molecule has 1 amide bonds. The van der Waals surface area contributed by atoms with E-state index in [2.05, 4.69) is 0 Å². The first kappa shape index (κ1) is 17.2. The molecule has 0 saturated heterocycles. The Morgan fingerprint density at radius 3 is 2.52 bits per heavy atom. The number of methoxy groups -OCH3 is 1. The highest BCUT2D eigenvalue weighted by molar-refractivity contribution is 7.94. The third-order valence-corrected chi connectivity index (χ3v) is 5.26. The molecule has 5 nitrogen and oxygen atoms in total.